The predicted octanol–water partition coefficient (Wildman–Crippen LogP) is 3.33. The van der Waals surface area contributed by atoms with Gasteiger partial charge in [0, 0.05) is 6.08 Å². The second-order valence-corrected chi connectivity index (χ2v) is 4.98. The van der Waals surface area contributed by atoms with Crippen LogP contribution in [0, 0.1) is 11.3 Å². The first-order valence-electron chi connectivity index (χ1n) is 5.65. The fourth-order valence-corrected chi connectivity index (χ4v) is 2.55. The number of nitriles is 1. The van der Waals surface area contributed by atoms with E-state index in [1.165, 1.54) is 24.5 Å². The van der Waals surface area contributed by atoms with E-state index >= 15 is 0 Å². The van der Waals surface area contributed by atoms with Gasteiger partial charge in [0.25, 0.3) is 0 Å². The van der Waals surface area contributed by atoms with Gasteiger partial charge in [0.05, 0.1) is 11.1 Å². The third-order valence-electron chi connectivity index (χ3n) is 3.38. The Labute approximate surface area is 105 Å². The second-order valence-electron chi connectivity index (χ2n) is 4.58. The number of hydrogen-bond donors (Lipinski definition) is 0. The standard InChI is InChI=1S/C14H10ClNO/c15-13-6-14(17)12(7-16)10-4-3-9(5-11(10)13)8-1-2-8/h3-6,8,12H,1-2H2. The summed E-state index contributed by atoms with van der Waals surface area (Å²) in [7, 11) is 0. The molecule has 1 saturated carbocycles. The highest BCUT2D eigenvalue weighted by atomic mass is 35.5. The summed E-state index contributed by atoms with van der Waals surface area (Å²) >= 11 is 6.09. The van der Waals surface area contributed by atoms with Crippen LogP contribution in [0.5, 0.6) is 0 Å². The molecule has 1 unspecified atom stereocenters. The number of benzene rings is 1. The van der Waals surface area contributed by atoms with Crippen LogP contribution in [0.25, 0.3) is 5.03 Å². The number of allylic oxidation sites excluding steroid dienone is 1. The lowest BCUT2D eigenvalue weighted by Gasteiger charge is -2.18. The van der Waals surface area contributed by atoms with Gasteiger partial charge in [-0.05, 0) is 41.5 Å². The number of hydrogen-bond acceptors (Lipinski definition) is 2. The van der Waals surface area contributed by atoms with Gasteiger partial charge in [-0.15, -0.1) is 0 Å². The molecule has 0 amide bonds. The molecule has 2 nitrogen and oxygen atoms in total. The Balaban J connectivity index is 2.15. The Hall–Kier alpha value is -1.59. The lowest BCUT2D eigenvalue weighted by Crippen LogP contribution is -2.14. The molecule has 0 saturated heterocycles. The Morgan fingerprint density at radius 2 is 2.12 bits per heavy atom. The first kappa shape index (κ1) is 10.6. The number of nitrogens with zero attached hydrogens (tertiary/aromatic N) is 1. The molecule has 0 heterocycles. The fraction of sp³-hybridized carbons (Fsp3) is 0.286. The van der Waals surface area contributed by atoms with Crippen molar-refractivity contribution in [2.24, 2.45) is 0 Å². The molecule has 1 aromatic carbocycles. The normalized spacial score (nSPS) is 22.7. The van der Waals surface area contributed by atoms with Crippen molar-refractivity contribution in [3.05, 3.63) is 41.0 Å². The molecule has 0 N–H and O–H groups in total. The monoisotopic (exact) mass is 243 g/mol. The maximum Gasteiger partial charge on any atom is 0.178 e. The molecule has 0 aromatic heterocycles. The third kappa shape index (κ3) is 1.67. The van der Waals surface area contributed by atoms with Crippen molar-refractivity contribution in [1.29, 1.82) is 5.26 Å². The van der Waals surface area contributed by atoms with E-state index in [9.17, 15) is 4.79 Å². The molecule has 1 atom stereocenters. The summed E-state index contributed by atoms with van der Waals surface area (Å²) in [5, 5.41) is 9.50. The van der Waals surface area contributed by atoms with Crippen LogP contribution in [-0.2, 0) is 4.79 Å². The topological polar surface area (TPSA) is 40.9 Å². The first-order valence-corrected chi connectivity index (χ1v) is 6.03. The van der Waals surface area contributed by atoms with E-state index in [0.29, 0.717) is 11.0 Å². The fourth-order valence-electron chi connectivity index (χ4n) is 2.28. The molecule has 3 rings (SSSR count). The van der Waals surface area contributed by atoms with Gasteiger partial charge in [0.2, 0.25) is 0 Å². The highest BCUT2D eigenvalue weighted by molar-refractivity contribution is 6.51. The number of carbonyl (C=O) groups excluding carboxylic acids is 1. The van der Waals surface area contributed by atoms with Crippen LogP contribution in [0.15, 0.2) is 24.3 Å². The highest BCUT2D eigenvalue weighted by Crippen LogP contribution is 2.43. The summed E-state index contributed by atoms with van der Waals surface area (Å²) < 4.78 is 0. The molecule has 0 spiro atoms. The number of halogens is 1. The van der Waals surface area contributed by atoms with Crippen molar-refractivity contribution in [3.63, 3.8) is 0 Å². The van der Waals surface area contributed by atoms with Crippen LogP contribution in [0.3, 0.4) is 0 Å². The smallest absolute Gasteiger partial charge is 0.178 e. The number of rotatable bonds is 1. The molecule has 17 heavy (non-hydrogen) atoms. The second kappa shape index (κ2) is 3.72. The number of fused-ring (bicyclic) bond motifs is 1. The Morgan fingerprint density at radius 1 is 1.35 bits per heavy atom. The van der Waals surface area contributed by atoms with Crippen LogP contribution in [0.1, 0.15) is 41.4 Å². The van der Waals surface area contributed by atoms with E-state index in [-0.39, 0.29) is 5.78 Å². The van der Waals surface area contributed by atoms with Crippen molar-refractivity contribution < 1.29 is 4.79 Å². The van der Waals surface area contributed by atoms with Gasteiger partial charge in [-0.3, -0.25) is 4.79 Å². The first-order chi connectivity index (χ1) is 8.20. The van der Waals surface area contributed by atoms with Crippen LogP contribution in [-0.4, -0.2) is 5.78 Å². The van der Waals surface area contributed by atoms with Gasteiger partial charge in [-0.1, -0.05) is 23.7 Å². The molecule has 1 aromatic rings. The van der Waals surface area contributed by atoms with Crippen molar-refractivity contribution >= 4 is 22.4 Å². The van der Waals surface area contributed by atoms with E-state index < -0.39 is 5.92 Å². The minimum atomic E-state index is -0.694. The maximum absolute atomic E-state index is 11.6. The predicted molar refractivity (Wildman–Crippen MR) is 65.6 cm³/mol. The zero-order valence-corrected chi connectivity index (χ0v) is 9.87. The summed E-state index contributed by atoms with van der Waals surface area (Å²) in [6.07, 6.45) is 3.82. The number of ketones is 1. The van der Waals surface area contributed by atoms with Crippen molar-refractivity contribution in [2.75, 3.05) is 0 Å². The SMILES string of the molecule is N#CC1C(=O)C=C(Cl)c2cc(C3CC3)ccc21. The molecule has 84 valence electrons. The highest BCUT2D eigenvalue weighted by Gasteiger charge is 2.30. The Bertz CT molecular complexity index is 578. The van der Waals surface area contributed by atoms with Crippen molar-refractivity contribution in [2.45, 2.75) is 24.7 Å². The van der Waals surface area contributed by atoms with Gasteiger partial charge in [-0.25, -0.2) is 0 Å². The van der Waals surface area contributed by atoms with E-state index in [1.807, 2.05) is 24.3 Å². The molecule has 3 heteroatoms. The van der Waals surface area contributed by atoms with Gasteiger partial charge in [0.1, 0.15) is 5.92 Å². The van der Waals surface area contributed by atoms with Gasteiger partial charge in [-0.2, -0.15) is 5.26 Å². The Kier molecular flexibility index (Phi) is 2.31. The summed E-state index contributed by atoms with van der Waals surface area (Å²) in [5.74, 6) is -0.271. The molecular weight excluding hydrogens is 234 g/mol. The molecule has 2 aliphatic carbocycles. The third-order valence-corrected chi connectivity index (χ3v) is 3.69. The lowest BCUT2D eigenvalue weighted by molar-refractivity contribution is -0.114. The molecular formula is C14H10ClNO. The van der Waals surface area contributed by atoms with E-state index in [2.05, 4.69) is 0 Å². The van der Waals surface area contributed by atoms with Crippen molar-refractivity contribution in [3.8, 4) is 6.07 Å². The summed E-state index contributed by atoms with van der Waals surface area (Å²) in [6, 6.07) is 7.97. The van der Waals surface area contributed by atoms with Crippen LogP contribution < -0.4 is 0 Å². The van der Waals surface area contributed by atoms with Gasteiger partial charge >= 0.3 is 0 Å². The Morgan fingerprint density at radius 3 is 2.76 bits per heavy atom. The molecule has 0 aliphatic heterocycles. The largest absolute Gasteiger partial charge is 0.293 e. The summed E-state index contributed by atoms with van der Waals surface area (Å²) in [5.41, 5.74) is 2.86. The molecule has 1 fully saturated rings. The number of carbonyl (C=O) groups is 1. The quantitative estimate of drug-likeness (QED) is 0.759. The van der Waals surface area contributed by atoms with E-state index in [1.54, 1.807) is 0 Å². The van der Waals surface area contributed by atoms with Crippen LogP contribution in [0.2, 0.25) is 0 Å². The zero-order valence-electron chi connectivity index (χ0n) is 9.11. The minimum Gasteiger partial charge on any atom is -0.293 e. The van der Waals surface area contributed by atoms with Gasteiger partial charge < -0.3 is 0 Å². The average molecular weight is 244 g/mol. The minimum absolute atomic E-state index is 0.218. The van der Waals surface area contributed by atoms with Gasteiger partial charge in [0.15, 0.2) is 5.78 Å². The maximum atomic E-state index is 11.6. The van der Waals surface area contributed by atoms with Crippen LogP contribution >= 0.6 is 11.6 Å². The van der Waals surface area contributed by atoms with Crippen molar-refractivity contribution in [1.82, 2.24) is 0 Å². The van der Waals surface area contributed by atoms with E-state index in [0.717, 1.165) is 11.1 Å². The molecule has 0 radical (unpaired) electrons. The zero-order chi connectivity index (χ0) is 12.0. The molecule has 0 bridgehead atoms. The summed E-state index contributed by atoms with van der Waals surface area (Å²) in [4.78, 5) is 11.6. The van der Waals surface area contributed by atoms with E-state index in [4.69, 9.17) is 16.9 Å². The molecule has 2 aliphatic rings. The lowest BCUT2D eigenvalue weighted by atomic mass is 9.85. The average Bonchev–Trinajstić information content (AvgIpc) is 3.13. The summed E-state index contributed by atoms with van der Waals surface area (Å²) in [6.45, 7) is 0. The van der Waals surface area contributed by atoms with Crippen LogP contribution in [0.4, 0.5) is 0 Å².